The normalized spacial score (nSPS) is 10.8. The van der Waals surface area contributed by atoms with Crippen LogP contribution in [-0.2, 0) is 6.42 Å². The fourth-order valence-corrected chi connectivity index (χ4v) is 3.57. The van der Waals surface area contributed by atoms with Gasteiger partial charge in [-0.3, -0.25) is 4.79 Å². The smallest absolute Gasteiger partial charge is 0.343 e. The van der Waals surface area contributed by atoms with Gasteiger partial charge in [0.05, 0.1) is 25.2 Å². The van der Waals surface area contributed by atoms with Crippen LogP contribution in [0.2, 0.25) is 5.02 Å². The molecule has 3 aromatic carbocycles. The van der Waals surface area contributed by atoms with Gasteiger partial charge in [-0.25, -0.2) is 4.79 Å². The predicted molar refractivity (Wildman–Crippen MR) is 127 cm³/mol. The van der Waals surface area contributed by atoms with Gasteiger partial charge < -0.3 is 18.6 Å². The third-order valence-corrected chi connectivity index (χ3v) is 5.49. The van der Waals surface area contributed by atoms with Gasteiger partial charge in [-0.1, -0.05) is 24.6 Å². The first-order valence-electron chi connectivity index (χ1n) is 10.2. The standard InChI is InChI=1S/C26H21ClO6/c1-4-15-5-11-20-19(13-15)23(28)25(24(32-20)16-6-9-18(27)10-7-16)33-26(29)17-8-12-21(30-2)22(14-17)31-3/h5-14H,4H2,1-3H3. The molecule has 168 valence electrons. The number of carbonyl (C=O) groups excluding carboxylic acids is 1. The lowest BCUT2D eigenvalue weighted by molar-refractivity contribution is 0.0731. The molecule has 1 heterocycles. The largest absolute Gasteiger partial charge is 0.493 e. The second-order valence-electron chi connectivity index (χ2n) is 7.24. The van der Waals surface area contributed by atoms with Crippen LogP contribution < -0.4 is 19.6 Å². The summed E-state index contributed by atoms with van der Waals surface area (Å²) in [5, 5.41) is 0.862. The first-order valence-corrected chi connectivity index (χ1v) is 10.6. The third-order valence-electron chi connectivity index (χ3n) is 5.24. The van der Waals surface area contributed by atoms with E-state index in [1.54, 1.807) is 42.5 Å². The van der Waals surface area contributed by atoms with Gasteiger partial charge in [0.1, 0.15) is 5.58 Å². The molecule has 4 aromatic rings. The Morgan fingerprint density at radius 3 is 2.33 bits per heavy atom. The average Bonchev–Trinajstić information content (AvgIpc) is 2.85. The van der Waals surface area contributed by atoms with Crippen LogP contribution in [0.5, 0.6) is 17.2 Å². The molecule has 0 aliphatic rings. The fraction of sp³-hybridized carbons (Fsp3) is 0.154. The summed E-state index contributed by atoms with van der Waals surface area (Å²) in [7, 11) is 2.97. The van der Waals surface area contributed by atoms with Gasteiger partial charge in [-0.05, 0) is 66.6 Å². The lowest BCUT2D eigenvalue weighted by atomic mass is 10.1. The minimum atomic E-state index is -0.732. The van der Waals surface area contributed by atoms with Crippen LogP contribution in [0.3, 0.4) is 0 Å². The van der Waals surface area contributed by atoms with E-state index in [1.807, 2.05) is 13.0 Å². The van der Waals surface area contributed by atoms with Crippen molar-refractivity contribution < 1.29 is 23.4 Å². The number of fused-ring (bicyclic) bond motifs is 1. The van der Waals surface area contributed by atoms with Gasteiger partial charge >= 0.3 is 5.97 Å². The van der Waals surface area contributed by atoms with E-state index < -0.39 is 11.4 Å². The molecule has 0 spiro atoms. The first kappa shape index (κ1) is 22.4. The zero-order chi connectivity index (χ0) is 23.5. The molecule has 0 aliphatic carbocycles. The molecule has 0 aliphatic heterocycles. The van der Waals surface area contributed by atoms with Crippen molar-refractivity contribution in [3.8, 4) is 28.6 Å². The molecular weight excluding hydrogens is 444 g/mol. The van der Waals surface area contributed by atoms with Crippen molar-refractivity contribution in [1.29, 1.82) is 0 Å². The molecule has 6 nitrogen and oxygen atoms in total. The summed E-state index contributed by atoms with van der Waals surface area (Å²) in [4.78, 5) is 26.5. The van der Waals surface area contributed by atoms with E-state index >= 15 is 0 Å². The molecule has 0 unspecified atom stereocenters. The van der Waals surface area contributed by atoms with E-state index in [1.165, 1.54) is 26.4 Å². The summed E-state index contributed by atoms with van der Waals surface area (Å²) in [6.07, 6.45) is 0.745. The lowest BCUT2D eigenvalue weighted by Gasteiger charge is -2.12. The molecule has 0 saturated carbocycles. The summed E-state index contributed by atoms with van der Waals surface area (Å²) in [6.45, 7) is 1.99. The van der Waals surface area contributed by atoms with Crippen molar-refractivity contribution in [3.63, 3.8) is 0 Å². The summed E-state index contributed by atoms with van der Waals surface area (Å²) in [5.41, 5.74) is 1.66. The molecule has 7 heteroatoms. The second kappa shape index (κ2) is 9.38. The number of aryl methyl sites for hydroxylation is 1. The van der Waals surface area contributed by atoms with Gasteiger partial charge in [0.25, 0.3) is 0 Å². The van der Waals surface area contributed by atoms with E-state index in [-0.39, 0.29) is 17.1 Å². The van der Waals surface area contributed by atoms with Crippen molar-refractivity contribution in [3.05, 3.63) is 87.0 Å². The number of ether oxygens (including phenoxy) is 3. The third kappa shape index (κ3) is 4.43. The van der Waals surface area contributed by atoms with Crippen molar-refractivity contribution in [1.82, 2.24) is 0 Å². The molecule has 0 atom stereocenters. The Morgan fingerprint density at radius 2 is 1.67 bits per heavy atom. The van der Waals surface area contributed by atoms with Crippen LogP contribution in [-0.4, -0.2) is 20.2 Å². The summed E-state index contributed by atoms with van der Waals surface area (Å²) < 4.78 is 22.2. The Hall–Kier alpha value is -3.77. The number of esters is 1. The average molecular weight is 465 g/mol. The number of halogens is 1. The number of carbonyl (C=O) groups is 1. The van der Waals surface area contributed by atoms with Gasteiger partial charge in [0, 0.05) is 10.6 Å². The first-order chi connectivity index (χ1) is 15.9. The molecule has 33 heavy (non-hydrogen) atoms. The lowest BCUT2D eigenvalue weighted by Crippen LogP contribution is -2.16. The van der Waals surface area contributed by atoms with Crippen LogP contribution in [0.1, 0.15) is 22.8 Å². The molecular formula is C26H21ClO6. The Bertz CT molecular complexity index is 1390. The predicted octanol–water partition coefficient (Wildman–Crippen LogP) is 5.91. The second-order valence-corrected chi connectivity index (χ2v) is 7.68. The Morgan fingerprint density at radius 1 is 0.939 bits per heavy atom. The maximum absolute atomic E-state index is 13.4. The Balaban J connectivity index is 1.86. The fourth-order valence-electron chi connectivity index (χ4n) is 3.44. The number of benzene rings is 3. The Labute approximate surface area is 195 Å². The zero-order valence-electron chi connectivity index (χ0n) is 18.3. The molecule has 0 radical (unpaired) electrons. The highest BCUT2D eigenvalue weighted by atomic mass is 35.5. The van der Waals surface area contributed by atoms with E-state index in [4.69, 9.17) is 30.2 Å². The highest BCUT2D eigenvalue weighted by Gasteiger charge is 2.22. The zero-order valence-corrected chi connectivity index (χ0v) is 19.1. The van der Waals surface area contributed by atoms with Crippen LogP contribution >= 0.6 is 11.6 Å². The number of rotatable bonds is 6. The van der Waals surface area contributed by atoms with E-state index in [2.05, 4.69) is 0 Å². The maximum atomic E-state index is 13.4. The molecule has 1 aromatic heterocycles. The molecule has 0 amide bonds. The molecule has 0 fully saturated rings. The number of hydrogen-bond donors (Lipinski definition) is 0. The minimum Gasteiger partial charge on any atom is -0.493 e. The van der Waals surface area contributed by atoms with E-state index in [0.29, 0.717) is 33.1 Å². The highest BCUT2D eigenvalue weighted by Crippen LogP contribution is 2.33. The monoisotopic (exact) mass is 464 g/mol. The Kier molecular flexibility index (Phi) is 6.38. The molecule has 0 N–H and O–H groups in total. The minimum absolute atomic E-state index is 0.141. The quantitative estimate of drug-likeness (QED) is 0.330. The highest BCUT2D eigenvalue weighted by molar-refractivity contribution is 6.30. The van der Waals surface area contributed by atoms with Crippen LogP contribution in [0, 0.1) is 0 Å². The molecule has 4 rings (SSSR count). The van der Waals surface area contributed by atoms with Crippen molar-refractivity contribution >= 4 is 28.5 Å². The molecule has 0 bridgehead atoms. The summed E-state index contributed by atoms with van der Waals surface area (Å²) in [5.74, 6) is 0.0424. The van der Waals surface area contributed by atoms with Crippen LogP contribution in [0.15, 0.2) is 69.9 Å². The topological polar surface area (TPSA) is 75.0 Å². The SMILES string of the molecule is CCc1ccc2oc(-c3ccc(Cl)cc3)c(OC(=O)c3ccc(OC)c(OC)c3)c(=O)c2c1. The summed E-state index contributed by atoms with van der Waals surface area (Å²) >= 11 is 6.02. The van der Waals surface area contributed by atoms with Gasteiger partial charge in [0.2, 0.25) is 11.2 Å². The molecule has 0 saturated heterocycles. The van der Waals surface area contributed by atoms with Gasteiger partial charge in [-0.15, -0.1) is 0 Å². The van der Waals surface area contributed by atoms with Gasteiger partial charge in [0.15, 0.2) is 17.3 Å². The van der Waals surface area contributed by atoms with Crippen molar-refractivity contribution in [2.75, 3.05) is 14.2 Å². The van der Waals surface area contributed by atoms with Crippen LogP contribution in [0.4, 0.5) is 0 Å². The van der Waals surface area contributed by atoms with Crippen molar-refractivity contribution in [2.24, 2.45) is 0 Å². The van der Waals surface area contributed by atoms with E-state index in [0.717, 1.165) is 12.0 Å². The summed E-state index contributed by atoms with van der Waals surface area (Å²) in [6, 6.07) is 16.7. The number of hydrogen-bond acceptors (Lipinski definition) is 6. The van der Waals surface area contributed by atoms with Gasteiger partial charge in [-0.2, -0.15) is 0 Å². The van der Waals surface area contributed by atoms with Crippen LogP contribution in [0.25, 0.3) is 22.3 Å². The van der Waals surface area contributed by atoms with E-state index in [9.17, 15) is 9.59 Å². The number of methoxy groups -OCH3 is 2. The maximum Gasteiger partial charge on any atom is 0.343 e. The van der Waals surface area contributed by atoms with Crippen molar-refractivity contribution in [2.45, 2.75) is 13.3 Å².